The molecule has 8 heteroatoms. The van der Waals surface area contributed by atoms with Crippen LogP contribution in [0.4, 0.5) is 0 Å². The molecule has 1 amide bonds. The zero-order valence-electron chi connectivity index (χ0n) is 15.6. The Morgan fingerprint density at radius 1 is 1.08 bits per heavy atom. The van der Waals surface area contributed by atoms with Gasteiger partial charge in [0.25, 0.3) is 0 Å². The molecule has 1 fully saturated rings. The number of nitrogens with one attached hydrogen (secondary N) is 3. The van der Waals surface area contributed by atoms with Crippen molar-refractivity contribution in [3.63, 3.8) is 0 Å². The molecule has 1 aliphatic carbocycles. The molecule has 0 aromatic heterocycles. The third kappa shape index (κ3) is 13.3. The zero-order chi connectivity index (χ0) is 17.5. The first-order valence-electron chi connectivity index (χ1n) is 9.07. The van der Waals surface area contributed by atoms with E-state index in [0.717, 1.165) is 31.8 Å². The van der Waals surface area contributed by atoms with Crippen LogP contribution >= 0.6 is 24.0 Å². The maximum atomic E-state index is 11.9. The lowest BCUT2D eigenvalue weighted by atomic mass is 9.95. The van der Waals surface area contributed by atoms with Crippen LogP contribution in [-0.4, -0.2) is 65.0 Å². The van der Waals surface area contributed by atoms with Crippen molar-refractivity contribution in [2.45, 2.75) is 51.0 Å². The quantitative estimate of drug-likeness (QED) is 0.185. The highest BCUT2D eigenvalue weighted by molar-refractivity contribution is 14.0. The largest absolute Gasteiger partial charge is 0.382 e. The van der Waals surface area contributed by atoms with Gasteiger partial charge in [0.1, 0.15) is 0 Å². The minimum absolute atomic E-state index is 0. The van der Waals surface area contributed by atoms with Crippen molar-refractivity contribution in [1.82, 2.24) is 16.0 Å². The SMILES string of the molecule is CN=C(NCCCOCCOC)NCCC(=O)NC1CCCCC1.I. The number of rotatable bonds is 11. The Bertz CT molecular complexity index is 364. The van der Waals surface area contributed by atoms with Crippen LogP contribution in [0.1, 0.15) is 44.9 Å². The highest BCUT2D eigenvalue weighted by Crippen LogP contribution is 2.17. The first-order valence-corrected chi connectivity index (χ1v) is 9.07. The molecule has 3 N–H and O–H groups in total. The molecule has 1 rings (SSSR count). The molecular formula is C17H35IN4O3. The van der Waals surface area contributed by atoms with Crippen LogP contribution in [0.5, 0.6) is 0 Å². The molecule has 1 aliphatic rings. The molecule has 0 unspecified atom stereocenters. The van der Waals surface area contributed by atoms with E-state index in [0.29, 0.717) is 38.8 Å². The van der Waals surface area contributed by atoms with Crippen LogP contribution in [0.2, 0.25) is 0 Å². The molecule has 148 valence electrons. The van der Waals surface area contributed by atoms with Gasteiger partial charge in [-0.05, 0) is 19.3 Å². The number of amides is 1. The number of hydrogen-bond acceptors (Lipinski definition) is 4. The van der Waals surface area contributed by atoms with Gasteiger partial charge in [-0.3, -0.25) is 9.79 Å². The topological polar surface area (TPSA) is 84.0 Å². The van der Waals surface area contributed by atoms with Gasteiger partial charge in [0.2, 0.25) is 5.91 Å². The van der Waals surface area contributed by atoms with Gasteiger partial charge in [-0.1, -0.05) is 19.3 Å². The molecule has 0 heterocycles. The second-order valence-corrected chi connectivity index (χ2v) is 6.04. The van der Waals surface area contributed by atoms with Crippen LogP contribution in [0.25, 0.3) is 0 Å². The fourth-order valence-electron chi connectivity index (χ4n) is 2.69. The fourth-order valence-corrected chi connectivity index (χ4v) is 2.69. The molecule has 0 aromatic rings. The van der Waals surface area contributed by atoms with Crippen molar-refractivity contribution in [1.29, 1.82) is 0 Å². The average Bonchev–Trinajstić information content (AvgIpc) is 2.60. The summed E-state index contributed by atoms with van der Waals surface area (Å²) in [6.45, 7) is 3.31. The molecule has 0 radical (unpaired) electrons. The third-order valence-electron chi connectivity index (χ3n) is 4.03. The smallest absolute Gasteiger partial charge is 0.221 e. The molecule has 0 bridgehead atoms. The van der Waals surface area contributed by atoms with Gasteiger partial charge in [0, 0.05) is 46.3 Å². The number of guanidine groups is 1. The molecule has 1 saturated carbocycles. The Morgan fingerprint density at radius 2 is 1.80 bits per heavy atom. The summed E-state index contributed by atoms with van der Waals surface area (Å²) in [4.78, 5) is 16.1. The van der Waals surface area contributed by atoms with E-state index in [2.05, 4.69) is 20.9 Å². The summed E-state index contributed by atoms with van der Waals surface area (Å²) in [5, 5.41) is 9.50. The van der Waals surface area contributed by atoms with Crippen molar-refractivity contribution in [2.24, 2.45) is 4.99 Å². The fraction of sp³-hybridized carbons (Fsp3) is 0.882. The van der Waals surface area contributed by atoms with Crippen molar-refractivity contribution < 1.29 is 14.3 Å². The number of carbonyl (C=O) groups is 1. The van der Waals surface area contributed by atoms with Gasteiger partial charge in [0.05, 0.1) is 13.2 Å². The number of nitrogens with zero attached hydrogens (tertiary/aromatic N) is 1. The van der Waals surface area contributed by atoms with E-state index in [1.54, 1.807) is 14.2 Å². The molecule has 0 aromatic carbocycles. The van der Waals surface area contributed by atoms with Crippen molar-refractivity contribution in [3.8, 4) is 0 Å². The standard InChI is InChI=1S/C17H34N4O3.HI/c1-18-17(19-10-6-12-24-14-13-23-2)20-11-9-16(22)21-15-7-4-3-5-8-15;/h15H,3-14H2,1-2H3,(H,21,22)(H2,18,19,20);1H. The summed E-state index contributed by atoms with van der Waals surface area (Å²) in [6, 6.07) is 0.377. The molecule has 25 heavy (non-hydrogen) atoms. The molecule has 0 spiro atoms. The van der Waals surface area contributed by atoms with Crippen molar-refractivity contribution in [2.75, 3.05) is 47.1 Å². The number of halogens is 1. The lowest BCUT2D eigenvalue weighted by Crippen LogP contribution is -2.41. The lowest BCUT2D eigenvalue weighted by Gasteiger charge is -2.22. The zero-order valence-corrected chi connectivity index (χ0v) is 18.0. The summed E-state index contributed by atoms with van der Waals surface area (Å²) in [6.07, 6.45) is 7.37. The number of carbonyl (C=O) groups excluding carboxylic acids is 1. The van der Waals surface area contributed by atoms with E-state index in [4.69, 9.17) is 9.47 Å². The Labute approximate surface area is 169 Å². The highest BCUT2D eigenvalue weighted by Gasteiger charge is 2.15. The van der Waals surface area contributed by atoms with E-state index in [1.807, 2.05) is 0 Å². The van der Waals surface area contributed by atoms with Crippen LogP contribution in [-0.2, 0) is 14.3 Å². The Balaban J connectivity index is 0.00000576. The molecule has 7 nitrogen and oxygen atoms in total. The van der Waals surface area contributed by atoms with Crippen molar-refractivity contribution in [3.05, 3.63) is 0 Å². The van der Waals surface area contributed by atoms with Gasteiger partial charge in [0.15, 0.2) is 5.96 Å². The van der Waals surface area contributed by atoms with Crippen LogP contribution in [0, 0.1) is 0 Å². The first kappa shape index (κ1) is 24.4. The van der Waals surface area contributed by atoms with Crippen molar-refractivity contribution >= 4 is 35.8 Å². The van der Waals surface area contributed by atoms with Crippen LogP contribution in [0.3, 0.4) is 0 Å². The minimum Gasteiger partial charge on any atom is -0.382 e. The number of aliphatic imine (C=N–C) groups is 1. The average molecular weight is 470 g/mol. The third-order valence-corrected chi connectivity index (χ3v) is 4.03. The maximum absolute atomic E-state index is 11.9. The second kappa shape index (κ2) is 16.8. The summed E-state index contributed by atoms with van der Waals surface area (Å²) in [5.74, 6) is 0.841. The van der Waals surface area contributed by atoms with Crippen LogP contribution < -0.4 is 16.0 Å². The first-order chi connectivity index (χ1) is 11.8. The normalized spacial score (nSPS) is 15.4. The number of ether oxygens (including phenoxy) is 2. The van der Waals surface area contributed by atoms with Gasteiger partial charge in [-0.25, -0.2) is 0 Å². The van der Waals surface area contributed by atoms with Gasteiger partial charge in [-0.2, -0.15) is 0 Å². The van der Waals surface area contributed by atoms with E-state index in [-0.39, 0.29) is 29.9 Å². The monoisotopic (exact) mass is 470 g/mol. The minimum atomic E-state index is 0. The highest BCUT2D eigenvalue weighted by atomic mass is 127. The summed E-state index contributed by atoms with van der Waals surface area (Å²) < 4.78 is 10.3. The number of methoxy groups -OCH3 is 1. The molecule has 0 aliphatic heterocycles. The lowest BCUT2D eigenvalue weighted by molar-refractivity contribution is -0.121. The Kier molecular flexibility index (Phi) is 16.4. The van der Waals surface area contributed by atoms with Gasteiger partial charge >= 0.3 is 0 Å². The summed E-state index contributed by atoms with van der Waals surface area (Å²) in [7, 11) is 3.39. The predicted molar refractivity (Wildman–Crippen MR) is 112 cm³/mol. The summed E-state index contributed by atoms with van der Waals surface area (Å²) >= 11 is 0. The second-order valence-electron chi connectivity index (χ2n) is 6.04. The maximum Gasteiger partial charge on any atom is 0.221 e. The van der Waals surface area contributed by atoms with E-state index in [1.165, 1.54) is 19.3 Å². The van der Waals surface area contributed by atoms with Crippen LogP contribution in [0.15, 0.2) is 4.99 Å². The summed E-state index contributed by atoms with van der Waals surface area (Å²) in [5.41, 5.74) is 0. The van der Waals surface area contributed by atoms with E-state index in [9.17, 15) is 4.79 Å². The van der Waals surface area contributed by atoms with E-state index < -0.39 is 0 Å². The van der Waals surface area contributed by atoms with E-state index >= 15 is 0 Å². The van der Waals surface area contributed by atoms with Gasteiger partial charge < -0.3 is 25.4 Å². The Morgan fingerprint density at radius 3 is 2.48 bits per heavy atom. The predicted octanol–water partition coefficient (Wildman–Crippen LogP) is 1.66. The molecule has 0 saturated heterocycles. The Hall–Kier alpha value is -0.610. The van der Waals surface area contributed by atoms with Gasteiger partial charge in [-0.15, -0.1) is 24.0 Å². The molecular weight excluding hydrogens is 435 g/mol. The molecule has 0 atom stereocenters. The number of hydrogen-bond donors (Lipinski definition) is 3.